The number of rotatable bonds is 4. The van der Waals surface area contributed by atoms with Crippen LogP contribution < -0.4 is 4.74 Å². The van der Waals surface area contributed by atoms with E-state index >= 15 is 0 Å². The first-order valence-electron chi connectivity index (χ1n) is 15.4. The Morgan fingerprint density at radius 1 is 0.422 bits per heavy atom. The predicted octanol–water partition coefficient (Wildman–Crippen LogP) is 11.9. The highest BCUT2D eigenvalue weighted by Gasteiger charge is 2.45. The Hall–Kier alpha value is -5.44. The Morgan fingerprint density at radius 2 is 1.02 bits per heavy atom. The molecule has 0 saturated carbocycles. The van der Waals surface area contributed by atoms with Crippen molar-refractivity contribution in [3.63, 3.8) is 0 Å². The van der Waals surface area contributed by atoms with Crippen LogP contribution in [0.4, 0.5) is 0 Å². The molecule has 45 heavy (non-hydrogen) atoms. The Balaban J connectivity index is 1.29. The SMILES string of the molecule is c1ccc(C2(c3ccccc3)c3ccccc3Oc3cc(-c4ccccc4-c4cccc5sc6ccccc6c45)ccc32)cc1. The zero-order chi connectivity index (χ0) is 29.8. The van der Waals surface area contributed by atoms with E-state index in [0.717, 1.165) is 28.2 Å². The molecule has 0 bridgehead atoms. The van der Waals surface area contributed by atoms with Crippen LogP contribution in [0.2, 0.25) is 0 Å². The number of para-hydroxylation sites is 1. The fourth-order valence-electron chi connectivity index (χ4n) is 7.35. The molecular formula is C43H28OS. The summed E-state index contributed by atoms with van der Waals surface area (Å²) < 4.78 is 9.43. The monoisotopic (exact) mass is 592 g/mol. The van der Waals surface area contributed by atoms with Crippen molar-refractivity contribution in [3.8, 4) is 33.8 Å². The maximum absolute atomic E-state index is 6.80. The van der Waals surface area contributed by atoms with Crippen molar-refractivity contribution in [3.05, 3.63) is 192 Å². The summed E-state index contributed by atoms with van der Waals surface area (Å²) in [6, 6.07) is 61.2. The Morgan fingerprint density at radius 3 is 1.82 bits per heavy atom. The molecule has 0 fully saturated rings. The van der Waals surface area contributed by atoms with Crippen LogP contribution in [0, 0.1) is 0 Å². The molecule has 0 aliphatic carbocycles. The first kappa shape index (κ1) is 26.0. The topological polar surface area (TPSA) is 9.23 Å². The van der Waals surface area contributed by atoms with Gasteiger partial charge in [0, 0.05) is 31.3 Å². The minimum Gasteiger partial charge on any atom is -0.457 e. The van der Waals surface area contributed by atoms with Gasteiger partial charge in [0.2, 0.25) is 0 Å². The Labute approximate surface area is 266 Å². The van der Waals surface area contributed by atoms with Crippen molar-refractivity contribution in [1.82, 2.24) is 0 Å². The van der Waals surface area contributed by atoms with E-state index in [-0.39, 0.29) is 0 Å². The van der Waals surface area contributed by atoms with E-state index in [9.17, 15) is 0 Å². The van der Waals surface area contributed by atoms with Crippen molar-refractivity contribution in [2.24, 2.45) is 0 Å². The van der Waals surface area contributed by atoms with Gasteiger partial charge in [-0.3, -0.25) is 0 Å². The lowest BCUT2D eigenvalue weighted by atomic mass is 9.63. The van der Waals surface area contributed by atoms with E-state index < -0.39 is 5.41 Å². The van der Waals surface area contributed by atoms with Gasteiger partial charge >= 0.3 is 0 Å². The van der Waals surface area contributed by atoms with E-state index in [1.54, 1.807) is 0 Å². The second kappa shape index (κ2) is 10.3. The van der Waals surface area contributed by atoms with Crippen LogP contribution in [0.25, 0.3) is 42.4 Å². The number of ether oxygens (including phenoxy) is 1. The van der Waals surface area contributed by atoms with Gasteiger partial charge in [-0.1, -0.05) is 146 Å². The molecule has 0 radical (unpaired) electrons. The number of fused-ring (bicyclic) bond motifs is 5. The Kier molecular flexibility index (Phi) is 5.97. The minimum absolute atomic E-state index is 0.522. The lowest BCUT2D eigenvalue weighted by Crippen LogP contribution is -2.34. The third kappa shape index (κ3) is 3.93. The average molecular weight is 593 g/mol. The van der Waals surface area contributed by atoms with Gasteiger partial charge in [-0.15, -0.1) is 11.3 Å². The molecular weight excluding hydrogens is 565 g/mol. The second-order valence-corrected chi connectivity index (χ2v) is 12.7. The standard InChI is InChI=1S/C43H28OS/c1-3-14-30(15-4-1)43(31-16-5-2-6-17-31)36-22-10-11-23-38(36)44-39-28-29(26-27-37(39)43)32-18-7-8-19-33(32)34-21-13-25-41-42(34)35-20-9-12-24-40(35)45-41/h1-28H. The Bertz CT molecular complexity index is 2310. The predicted molar refractivity (Wildman–Crippen MR) is 189 cm³/mol. The smallest absolute Gasteiger partial charge is 0.132 e. The lowest BCUT2D eigenvalue weighted by molar-refractivity contribution is 0.435. The zero-order valence-corrected chi connectivity index (χ0v) is 25.3. The number of thiophene rings is 1. The van der Waals surface area contributed by atoms with E-state index in [0.29, 0.717) is 0 Å². The molecule has 8 aromatic rings. The molecule has 1 aliphatic rings. The molecule has 1 aliphatic heterocycles. The highest BCUT2D eigenvalue weighted by Crippen LogP contribution is 2.56. The molecule has 1 aromatic heterocycles. The third-order valence-electron chi connectivity index (χ3n) is 9.24. The van der Waals surface area contributed by atoms with Crippen molar-refractivity contribution < 1.29 is 4.74 Å². The normalized spacial score (nSPS) is 13.2. The molecule has 212 valence electrons. The summed E-state index contributed by atoms with van der Waals surface area (Å²) >= 11 is 1.86. The van der Waals surface area contributed by atoms with Gasteiger partial charge in [0.15, 0.2) is 0 Å². The van der Waals surface area contributed by atoms with Crippen molar-refractivity contribution in [1.29, 1.82) is 0 Å². The summed E-state index contributed by atoms with van der Waals surface area (Å²) in [6.45, 7) is 0. The number of hydrogen-bond donors (Lipinski definition) is 0. The van der Waals surface area contributed by atoms with Gasteiger partial charge in [-0.25, -0.2) is 0 Å². The fourth-order valence-corrected chi connectivity index (χ4v) is 8.48. The summed E-state index contributed by atoms with van der Waals surface area (Å²) in [4.78, 5) is 0. The maximum atomic E-state index is 6.80. The molecule has 0 spiro atoms. The average Bonchev–Trinajstić information content (AvgIpc) is 3.50. The molecule has 2 heteroatoms. The van der Waals surface area contributed by atoms with Gasteiger partial charge in [-0.05, 0) is 57.6 Å². The van der Waals surface area contributed by atoms with Crippen LogP contribution in [-0.2, 0) is 5.41 Å². The summed E-state index contributed by atoms with van der Waals surface area (Å²) in [6.07, 6.45) is 0. The molecule has 2 heterocycles. The van der Waals surface area contributed by atoms with Gasteiger partial charge in [0.05, 0.1) is 5.41 Å². The highest BCUT2D eigenvalue weighted by molar-refractivity contribution is 7.25. The van der Waals surface area contributed by atoms with Crippen molar-refractivity contribution in [2.45, 2.75) is 5.41 Å². The second-order valence-electron chi connectivity index (χ2n) is 11.6. The van der Waals surface area contributed by atoms with E-state index in [4.69, 9.17) is 4.74 Å². The summed E-state index contributed by atoms with van der Waals surface area (Å²) in [5.41, 5.74) is 9.02. The molecule has 7 aromatic carbocycles. The zero-order valence-electron chi connectivity index (χ0n) is 24.5. The summed E-state index contributed by atoms with van der Waals surface area (Å²) in [5, 5.41) is 2.63. The fraction of sp³-hybridized carbons (Fsp3) is 0.0233. The van der Waals surface area contributed by atoms with Crippen LogP contribution in [0.5, 0.6) is 11.5 Å². The lowest BCUT2D eigenvalue weighted by Gasteiger charge is -2.41. The van der Waals surface area contributed by atoms with E-state index in [1.807, 2.05) is 11.3 Å². The third-order valence-corrected chi connectivity index (χ3v) is 10.4. The van der Waals surface area contributed by atoms with Crippen LogP contribution >= 0.6 is 11.3 Å². The van der Waals surface area contributed by atoms with Gasteiger partial charge in [-0.2, -0.15) is 0 Å². The minimum atomic E-state index is -0.522. The van der Waals surface area contributed by atoms with Crippen LogP contribution in [0.15, 0.2) is 170 Å². The largest absolute Gasteiger partial charge is 0.457 e. The first-order chi connectivity index (χ1) is 22.3. The maximum Gasteiger partial charge on any atom is 0.132 e. The van der Waals surface area contributed by atoms with Gasteiger partial charge in [0.25, 0.3) is 0 Å². The summed E-state index contributed by atoms with van der Waals surface area (Å²) in [7, 11) is 0. The van der Waals surface area contributed by atoms with Gasteiger partial charge in [0.1, 0.15) is 11.5 Å². The molecule has 1 nitrogen and oxygen atoms in total. The number of hydrogen-bond acceptors (Lipinski definition) is 2. The molecule has 0 unspecified atom stereocenters. The summed E-state index contributed by atoms with van der Waals surface area (Å²) in [5.74, 6) is 1.77. The quantitative estimate of drug-likeness (QED) is 0.197. The van der Waals surface area contributed by atoms with Crippen molar-refractivity contribution in [2.75, 3.05) is 0 Å². The molecule has 0 amide bonds. The molecule has 9 rings (SSSR count). The van der Waals surface area contributed by atoms with Gasteiger partial charge < -0.3 is 4.74 Å². The van der Waals surface area contributed by atoms with Crippen LogP contribution in [0.1, 0.15) is 22.3 Å². The highest BCUT2D eigenvalue weighted by atomic mass is 32.1. The molecule has 0 N–H and O–H groups in total. The van der Waals surface area contributed by atoms with E-state index in [1.165, 1.54) is 48.0 Å². The molecule has 0 saturated heterocycles. The van der Waals surface area contributed by atoms with Crippen LogP contribution in [-0.4, -0.2) is 0 Å². The van der Waals surface area contributed by atoms with E-state index in [2.05, 4.69) is 170 Å². The number of benzene rings is 7. The van der Waals surface area contributed by atoms with Crippen LogP contribution in [0.3, 0.4) is 0 Å². The van der Waals surface area contributed by atoms with Crippen molar-refractivity contribution >= 4 is 31.5 Å². The molecule has 0 atom stereocenters. The first-order valence-corrected chi connectivity index (χ1v) is 16.2.